The number of benzene rings is 3. The Morgan fingerprint density at radius 3 is 2.58 bits per heavy atom. The second-order valence-corrected chi connectivity index (χ2v) is 12.0. The molecule has 3 aromatic carbocycles. The third-order valence-electron chi connectivity index (χ3n) is 6.64. The number of methoxy groups -OCH3 is 1. The fraction of sp³-hybridized carbons (Fsp3) is 0.143. The zero-order valence-corrected chi connectivity index (χ0v) is 24.3. The molecule has 0 fully saturated rings. The van der Waals surface area contributed by atoms with Gasteiger partial charge in [-0.15, -0.1) is 0 Å². The number of hydrogen-bond donors (Lipinski definition) is 1. The van der Waals surface area contributed by atoms with E-state index in [1.807, 2.05) is 53.1 Å². The average Bonchev–Trinajstić information content (AvgIpc) is 3.20. The number of hydrogen-bond acceptors (Lipinski definition) is 5. The molecule has 180 valence electrons. The van der Waals surface area contributed by atoms with Gasteiger partial charge in [0.05, 0.1) is 30.5 Å². The van der Waals surface area contributed by atoms with Crippen LogP contribution in [0.15, 0.2) is 76.0 Å². The maximum atomic E-state index is 13.9. The van der Waals surface area contributed by atoms with Crippen molar-refractivity contribution >= 4 is 68.3 Å². The first-order valence-corrected chi connectivity index (χ1v) is 14.4. The minimum atomic E-state index is -0.289. The van der Waals surface area contributed by atoms with E-state index in [0.29, 0.717) is 9.33 Å². The van der Waals surface area contributed by atoms with Crippen LogP contribution in [0.25, 0.3) is 11.8 Å². The van der Waals surface area contributed by atoms with Gasteiger partial charge < -0.3 is 9.84 Å². The summed E-state index contributed by atoms with van der Waals surface area (Å²) in [5.41, 5.74) is 6.29. The third kappa shape index (κ3) is 3.93. The van der Waals surface area contributed by atoms with Gasteiger partial charge in [-0.05, 0) is 99.0 Å². The molecule has 6 rings (SSSR count). The van der Waals surface area contributed by atoms with Gasteiger partial charge in [0, 0.05) is 11.1 Å². The Morgan fingerprint density at radius 1 is 1.08 bits per heavy atom. The normalized spacial score (nSPS) is 16.8. The van der Waals surface area contributed by atoms with Gasteiger partial charge in [0.1, 0.15) is 11.5 Å². The Kier molecular flexibility index (Phi) is 6.29. The Balaban J connectivity index is 1.64. The van der Waals surface area contributed by atoms with Crippen LogP contribution in [-0.2, 0) is 6.42 Å². The van der Waals surface area contributed by atoms with Gasteiger partial charge in [0.2, 0.25) is 0 Å². The molecule has 0 saturated heterocycles. The van der Waals surface area contributed by atoms with Crippen LogP contribution in [0.2, 0.25) is 0 Å². The maximum absolute atomic E-state index is 13.9. The van der Waals surface area contributed by atoms with Gasteiger partial charge in [-0.3, -0.25) is 9.36 Å². The lowest BCUT2D eigenvalue weighted by molar-refractivity contribution is 0.402. The summed E-state index contributed by atoms with van der Waals surface area (Å²) in [5.74, 6) is 1.02. The summed E-state index contributed by atoms with van der Waals surface area (Å²) < 4.78 is 9.68. The maximum Gasteiger partial charge on any atom is 0.271 e. The quantitative estimate of drug-likeness (QED) is 0.295. The van der Waals surface area contributed by atoms with Gasteiger partial charge in [-0.1, -0.05) is 53.8 Å². The molecule has 0 spiro atoms. The topological polar surface area (TPSA) is 63.8 Å². The molecule has 36 heavy (non-hydrogen) atoms. The number of aromatic nitrogens is 1. The number of rotatable bonds is 3. The third-order valence-corrected chi connectivity index (χ3v) is 9.27. The fourth-order valence-corrected chi connectivity index (χ4v) is 7.83. The predicted molar refractivity (Wildman–Crippen MR) is 159 cm³/mol. The van der Waals surface area contributed by atoms with Crippen molar-refractivity contribution in [1.29, 1.82) is 0 Å². The second-order valence-electron chi connectivity index (χ2n) is 8.69. The number of aryl methyl sites for hydroxylation is 1. The van der Waals surface area contributed by atoms with Crippen LogP contribution in [0, 0.1) is 7.14 Å². The van der Waals surface area contributed by atoms with E-state index in [-0.39, 0.29) is 17.4 Å². The first kappa shape index (κ1) is 23.9. The highest BCUT2D eigenvalue weighted by Crippen LogP contribution is 2.43. The summed E-state index contributed by atoms with van der Waals surface area (Å²) in [6.45, 7) is 0. The monoisotopic (exact) mass is 718 g/mol. The van der Waals surface area contributed by atoms with Crippen LogP contribution in [0.3, 0.4) is 0 Å². The molecule has 0 bridgehead atoms. The molecule has 2 aliphatic rings. The van der Waals surface area contributed by atoms with Gasteiger partial charge in [0.25, 0.3) is 5.56 Å². The summed E-state index contributed by atoms with van der Waals surface area (Å²) >= 11 is 5.62. The number of thiazole rings is 1. The summed E-state index contributed by atoms with van der Waals surface area (Å²) in [7, 11) is 1.67. The first-order chi connectivity index (χ1) is 17.5. The molecule has 5 nitrogen and oxygen atoms in total. The van der Waals surface area contributed by atoms with Crippen molar-refractivity contribution in [1.82, 2.24) is 4.57 Å². The molecule has 4 aromatic rings. The van der Waals surface area contributed by atoms with Crippen LogP contribution in [-0.4, -0.2) is 16.8 Å². The molecule has 1 N–H and O–H groups in total. The summed E-state index contributed by atoms with van der Waals surface area (Å²) in [4.78, 5) is 19.7. The molecule has 1 aliphatic carbocycles. The average molecular weight is 718 g/mol. The molecule has 0 saturated carbocycles. The van der Waals surface area contributed by atoms with Crippen LogP contribution < -0.4 is 19.6 Å². The Morgan fingerprint density at radius 2 is 1.81 bits per heavy atom. The Labute approximate surface area is 238 Å². The number of halogens is 2. The lowest BCUT2D eigenvalue weighted by atomic mass is 9.83. The van der Waals surface area contributed by atoms with Gasteiger partial charge in [0.15, 0.2) is 4.80 Å². The van der Waals surface area contributed by atoms with Crippen LogP contribution >= 0.6 is 56.5 Å². The molecular weight excluding hydrogens is 698 g/mol. The van der Waals surface area contributed by atoms with Crippen LogP contribution in [0.1, 0.15) is 34.7 Å². The number of allylic oxidation sites excluding steroid dienone is 1. The minimum absolute atomic E-state index is 0.0712. The fourth-order valence-electron chi connectivity index (χ4n) is 5.01. The molecule has 1 aromatic heterocycles. The van der Waals surface area contributed by atoms with E-state index in [0.717, 1.165) is 53.7 Å². The second kappa shape index (κ2) is 9.46. The van der Waals surface area contributed by atoms with Gasteiger partial charge in [-0.2, -0.15) is 0 Å². The smallest absolute Gasteiger partial charge is 0.271 e. The number of phenolic OH excluding ortho intramolecular Hbond substituents is 1. The number of nitrogens with zero attached hydrogens (tertiary/aromatic N) is 2. The Hall–Kier alpha value is -2.44. The molecule has 2 heterocycles. The van der Waals surface area contributed by atoms with Crippen molar-refractivity contribution in [3.05, 3.63) is 115 Å². The minimum Gasteiger partial charge on any atom is -0.506 e. The lowest BCUT2D eigenvalue weighted by Crippen LogP contribution is -2.39. The van der Waals surface area contributed by atoms with Crippen molar-refractivity contribution in [3.8, 4) is 11.5 Å². The molecular formula is C28H20I2N2O3S. The molecule has 1 aliphatic heterocycles. The summed E-state index contributed by atoms with van der Waals surface area (Å²) in [5, 5.41) is 10.2. The highest BCUT2D eigenvalue weighted by Gasteiger charge is 2.33. The van der Waals surface area contributed by atoms with E-state index >= 15 is 0 Å². The van der Waals surface area contributed by atoms with E-state index in [9.17, 15) is 9.90 Å². The van der Waals surface area contributed by atoms with Crippen LogP contribution in [0.4, 0.5) is 0 Å². The van der Waals surface area contributed by atoms with Crippen molar-refractivity contribution in [2.75, 3.05) is 7.11 Å². The summed E-state index contributed by atoms with van der Waals surface area (Å²) in [6, 6.07) is 19.8. The molecule has 0 radical (unpaired) electrons. The molecule has 0 amide bonds. The van der Waals surface area contributed by atoms with E-state index in [2.05, 4.69) is 63.4 Å². The number of phenols is 1. The predicted octanol–water partition coefficient (Wildman–Crippen LogP) is 5.24. The molecule has 8 heteroatoms. The SMILES string of the molecule is COc1ccccc1[C@@H]1C2=C(N=c3s/c(=C/c4cc(I)c(O)c(I)c4)c(=O)n31)c1ccccc1CC2. The van der Waals surface area contributed by atoms with E-state index in [4.69, 9.17) is 9.73 Å². The highest BCUT2D eigenvalue weighted by molar-refractivity contribution is 14.1. The first-order valence-electron chi connectivity index (χ1n) is 11.4. The standard InChI is InChI=1S/C28H20I2N2O3S/c1-35-22-9-5-4-8-18(22)25-19-11-10-16-6-2-3-7-17(16)24(19)31-28-32(25)27(34)23(36-28)14-15-12-20(29)26(33)21(30)13-15/h2-9,12-14,25,33H,10-11H2,1H3/b23-14+/t25-/m1/s1. The zero-order chi connectivity index (χ0) is 25.0. The zero-order valence-electron chi connectivity index (χ0n) is 19.2. The van der Waals surface area contributed by atoms with E-state index < -0.39 is 0 Å². The number of fused-ring (bicyclic) bond motifs is 3. The largest absolute Gasteiger partial charge is 0.506 e. The number of para-hydroxylation sites is 1. The molecule has 0 unspecified atom stereocenters. The number of ether oxygens (including phenoxy) is 1. The van der Waals surface area contributed by atoms with Crippen molar-refractivity contribution in [3.63, 3.8) is 0 Å². The highest BCUT2D eigenvalue weighted by atomic mass is 127. The van der Waals surface area contributed by atoms with E-state index in [1.54, 1.807) is 7.11 Å². The van der Waals surface area contributed by atoms with Gasteiger partial charge in [-0.25, -0.2) is 4.99 Å². The van der Waals surface area contributed by atoms with Crippen LogP contribution in [0.5, 0.6) is 11.5 Å². The number of aromatic hydroxyl groups is 1. The molecule has 1 atom stereocenters. The van der Waals surface area contributed by atoms with E-state index in [1.165, 1.54) is 16.9 Å². The van der Waals surface area contributed by atoms with Crippen molar-refractivity contribution in [2.45, 2.75) is 18.9 Å². The van der Waals surface area contributed by atoms with Crippen molar-refractivity contribution in [2.24, 2.45) is 4.99 Å². The Bertz CT molecular complexity index is 1730. The summed E-state index contributed by atoms with van der Waals surface area (Å²) in [6.07, 6.45) is 3.63. The van der Waals surface area contributed by atoms with Crippen molar-refractivity contribution < 1.29 is 9.84 Å². The van der Waals surface area contributed by atoms with Gasteiger partial charge >= 0.3 is 0 Å². The lowest BCUT2D eigenvalue weighted by Gasteiger charge is -2.31.